The third kappa shape index (κ3) is 1.57. The largest absolute Gasteiger partial charge is 0.496 e. The van der Waals surface area contributed by atoms with Crippen molar-refractivity contribution < 1.29 is 13.2 Å². The lowest BCUT2D eigenvalue weighted by Crippen LogP contribution is -2.11. The van der Waals surface area contributed by atoms with Gasteiger partial charge < -0.3 is 9.72 Å². The molecule has 0 spiro atoms. The summed E-state index contributed by atoms with van der Waals surface area (Å²) in [5.41, 5.74) is 0.679. The van der Waals surface area contributed by atoms with Gasteiger partial charge in [0.1, 0.15) is 10.6 Å². The molecule has 0 radical (unpaired) electrons. The molecule has 0 aliphatic heterocycles. The Balaban J connectivity index is 2.89. The normalized spacial score (nSPS) is 11.9. The van der Waals surface area contributed by atoms with Crippen LogP contribution in [0.25, 0.3) is 10.9 Å². The Kier molecular flexibility index (Phi) is 2.17. The predicted molar refractivity (Wildman–Crippen MR) is 56.2 cm³/mol. The minimum atomic E-state index is -3.73. The van der Waals surface area contributed by atoms with Gasteiger partial charge in [-0.2, -0.15) is 0 Å². The molecular formula is C9H10N2O3S. The highest BCUT2D eigenvalue weighted by atomic mass is 32.2. The van der Waals surface area contributed by atoms with Crippen molar-refractivity contribution in [3.63, 3.8) is 0 Å². The SMILES string of the molecule is COc1cccc2[nH]cc(S(N)(=O)=O)c12. The van der Waals surface area contributed by atoms with Crippen molar-refractivity contribution in [1.82, 2.24) is 4.98 Å². The highest BCUT2D eigenvalue weighted by Crippen LogP contribution is 2.30. The minimum Gasteiger partial charge on any atom is -0.496 e. The fraction of sp³-hybridized carbons (Fsp3) is 0.111. The average molecular weight is 226 g/mol. The number of rotatable bonds is 2. The van der Waals surface area contributed by atoms with Crippen molar-refractivity contribution in [3.05, 3.63) is 24.4 Å². The Morgan fingerprint density at radius 3 is 2.73 bits per heavy atom. The van der Waals surface area contributed by atoms with Crippen LogP contribution < -0.4 is 9.88 Å². The Hall–Kier alpha value is -1.53. The number of H-pyrrole nitrogens is 1. The van der Waals surface area contributed by atoms with Crippen LogP contribution in [0.3, 0.4) is 0 Å². The van der Waals surface area contributed by atoms with Crippen molar-refractivity contribution >= 4 is 20.9 Å². The Morgan fingerprint density at radius 1 is 1.40 bits per heavy atom. The van der Waals surface area contributed by atoms with E-state index in [1.54, 1.807) is 18.2 Å². The molecule has 1 aromatic heterocycles. The van der Waals surface area contributed by atoms with Crippen LogP contribution in [0.5, 0.6) is 5.75 Å². The second kappa shape index (κ2) is 3.25. The van der Waals surface area contributed by atoms with Crippen molar-refractivity contribution in [3.8, 4) is 5.75 Å². The molecule has 0 saturated heterocycles. The molecule has 5 nitrogen and oxygen atoms in total. The maximum Gasteiger partial charge on any atom is 0.240 e. The first-order valence-electron chi connectivity index (χ1n) is 4.21. The first-order valence-corrected chi connectivity index (χ1v) is 5.75. The number of aromatic amines is 1. The molecule has 0 aliphatic carbocycles. The number of benzene rings is 1. The van der Waals surface area contributed by atoms with Crippen LogP contribution in [-0.4, -0.2) is 20.5 Å². The monoisotopic (exact) mass is 226 g/mol. The number of aromatic nitrogens is 1. The maximum absolute atomic E-state index is 11.3. The number of fused-ring (bicyclic) bond motifs is 1. The molecule has 1 aromatic carbocycles. The van der Waals surface area contributed by atoms with Crippen molar-refractivity contribution in [2.75, 3.05) is 7.11 Å². The molecular weight excluding hydrogens is 216 g/mol. The zero-order valence-corrected chi connectivity index (χ0v) is 8.84. The van der Waals surface area contributed by atoms with Crippen LogP contribution in [0, 0.1) is 0 Å². The molecule has 0 fully saturated rings. The summed E-state index contributed by atoms with van der Waals surface area (Å²) in [5.74, 6) is 0.484. The number of nitrogens with two attached hydrogens (primary N) is 1. The molecule has 0 amide bonds. The molecule has 6 heteroatoms. The summed E-state index contributed by atoms with van der Waals surface area (Å²) in [6, 6.07) is 5.21. The summed E-state index contributed by atoms with van der Waals surface area (Å²) in [5, 5.41) is 5.58. The summed E-state index contributed by atoms with van der Waals surface area (Å²) in [6.07, 6.45) is 1.36. The van der Waals surface area contributed by atoms with E-state index in [1.807, 2.05) is 0 Å². The van der Waals surface area contributed by atoms with Gasteiger partial charge in [-0.05, 0) is 12.1 Å². The van der Waals surface area contributed by atoms with E-state index >= 15 is 0 Å². The first kappa shape index (κ1) is 10.0. The molecule has 2 rings (SSSR count). The zero-order chi connectivity index (χ0) is 11.1. The van der Waals surface area contributed by atoms with E-state index in [1.165, 1.54) is 13.3 Å². The lowest BCUT2D eigenvalue weighted by molar-refractivity contribution is 0.419. The van der Waals surface area contributed by atoms with Crippen LogP contribution in [0.1, 0.15) is 0 Å². The van der Waals surface area contributed by atoms with Crippen molar-refractivity contribution in [2.24, 2.45) is 5.14 Å². The first-order chi connectivity index (χ1) is 7.04. The van der Waals surface area contributed by atoms with Gasteiger partial charge in [-0.25, -0.2) is 13.6 Å². The summed E-state index contributed by atoms with van der Waals surface area (Å²) in [6.45, 7) is 0. The van der Waals surface area contributed by atoms with E-state index in [0.717, 1.165) is 0 Å². The quantitative estimate of drug-likeness (QED) is 0.795. The summed E-state index contributed by atoms with van der Waals surface area (Å²) in [4.78, 5) is 2.88. The molecule has 15 heavy (non-hydrogen) atoms. The van der Waals surface area contributed by atoms with E-state index in [4.69, 9.17) is 9.88 Å². The Morgan fingerprint density at radius 2 is 2.13 bits per heavy atom. The van der Waals surface area contributed by atoms with Gasteiger partial charge in [0.25, 0.3) is 0 Å². The number of ether oxygens (including phenoxy) is 1. The number of nitrogens with one attached hydrogen (secondary N) is 1. The summed E-state index contributed by atoms with van der Waals surface area (Å²) in [7, 11) is -2.25. The number of sulfonamides is 1. The smallest absolute Gasteiger partial charge is 0.240 e. The number of hydrogen-bond acceptors (Lipinski definition) is 3. The third-order valence-electron chi connectivity index (χ3n) is 2.16. The summed E-state index contributed by atoms with van der Waals surface area (Å²) < 4.78 is 27.6. The molecule has 0 atom stereocenters. The van der Waals surface area contributed by atoms with Crippen LogP contribution in [0.2, 0.25) is 0 Å². The highest BCUT2D eigenvalue weighted by molar-refractivity contribution is 7.89. The van der Waals surface area contributed by atoms with Gasteiger partial charge in [-0.15, -0.1) is 0 Å². The Bertz CT molecular complexity index is 601. The molecule has 0 bridgehead atoms. The molecule has 0 unspecified atom stereocenters. The minimum absolute atomic E-state index is 0.0509. The van der Waals surface area contributed by atoms with Crippen molar-refractivity contribution in [1.29, 1.82) is 0 Å². The molecule has 3 N–H and O–H groups in total. The van der Waals surface area contributed by atoms with Gasteiger partial charge in [0.2, 0.25) is 10.0 Å². The average Bonchev–Trinajstić information content (AvgIpc) is 2.59. The second-order valence-electron chi connectivity index (χ2n) is 3.08. The third-order valence-corrected chi connectivity index (χ3v) is 3.09. The topological polar surface area (TPSA) is 85.2 Å². The molecule has 2 aromatic rings. The predicted octanol–water partition coefficient (Wildman–Crippen LogP) is 0.824. The summed E-state index contributed by atoms with van der Waals surface area (Å²) >= 11 is 0. The Labute approximate surface area is 86.9 Å². The van der Waals surface area contributed by atoms with E-state index in [2.05, 4.69) is 4.98 Å². The van der Waals surface area contributed by atoms with E-state index < -0.39 is 10.0 Å². The van der Waals surface area contributed by atoms with E-state index in [0.29, 0.717) is 16.7 Å². The highest BCUT2D eigenvalue weighted by Gasteiger charge is 2.17. The lowest BCUT2D eigenvalue weighted by atomic mass is 10.2. The van der Waals surface area contributed by atoms with Crippen LogP contribution in [0.15, 0.2) is 29.3 Å². The number of primary sulfonamides is 1. The van der Waals surface area contributed by atoms with Gasteiger partial charge in [0, 0.05) is 6.20 Å². The van der Waals surface area contributed by atoms with Crippen LogP contribution in [-0.2, 0) is 10.0 Å². The zero-order valence-electron chi connectivity index (χ0n) is 8.02. The second-order valence-corrected chi connectivity index (χ2v) is 4.61. The standard InChI is InChI=1S/C9H10N2O3S/c1-14-7-4-2-3-6-9(7)8(5-11-6)15(10,12)13/h2-5,11H,1H3,(H2,10,12,13). The fourth-order valence-electron chi connectivity index (χ4n) is 1.52. The lowest BCUT2D eigenvalue weighted by Gasteiger charge is -2.02. The van der Waals surface area contributed by atoms with E-state index in [-0.39, 0.29) is 4.90 Å². The number of methoxy groups -OCH3 is 1. The van der Waals surface area contributed by atoms with Gasteiger partial charge in [0.15, 0.2) is 0 Å². The van der Waals surface area contributed by atoms with Crippen molar-refractivity contribution in [2.45, 2.75) is 4.90 Å². The molecule has 1 heterocycles. The molecule has 0 aliphatic rings. The van der Waals surface area contributed by atoms with Crippen LogP contribution >= 0.6 is 0 Å². The molecule has 0 saturated carbocycles. The van der Waals surface area contributed by atoms with Gasteiger partial charge in [-0.1, -0.05) is 6.07 Å². The van der Waals surface area contributed by atoms with Gasteiger partial charge in [0.05, 0.1) is 18.0 Å². The van der Waals surface area contributed by atoms with E-state index in [9.17, 15) is 8.42 Å². The fourth-order valence-corrected chi connectivity index (χ4v) is 2.23. The van der Waals surface area contributed by atoms with Gasteiger partial charge in [-0.3, -0.25) is 0 Å². The maximum atomic E-state index is 11.3. The van der Waals surface area contributed by atoms with Gasteiger partial charge >= 0.3 is 0 Å². The number of hydrogen-bond donors (Lipinski definition) is 2. The molecule has 80 valence electrons. The van der Waals surface area contributed by atoms with Crippen LogP contribution in [0.4, 0.5) is 0 Å².